The van der Waals surface area contributed by atoms with Crippen molar-refractivity contribution in [2.75, 3.05) is 26.2 Å². The van der Waals surface area contributed by atoms with Crippen molar-refractivity contribution in [3.63, 3.8) is 0 Å². The highest BCUT2D eigenvalue weighted by molar-refractivity contribution is 5.37. The van der Waals surface area contributed by atoms with Crippen molar-refractivity contribution in [3.8, 4) is 5.75 Å². The van der Waals surface area contributed by atoms with Crippen LogP contribution in [-0.2, 0) is 0 Å². The van der Waals surface area contributed by atoms with Gasteiger partial charge in [-0.25, -0.2) is 4.39 Å². The van der Waals surface area contributed by atoms with Gasteiger partial charge in [-0.15, -0.1) is 0 Å². The van der Waals surface area contributed by atoms with Crippen LogP contribution >= 0.6 is 0 Å². The second-order valence-corrected chi connectivity index (χ2v) is 7.87. The van der Waals surface area contributed by atoms with Crippen LogP contribution in [0.3, 0.4) is 0 Å². The van der Waals surface area contributed by atoms with Gasteiger partial charge < -0.3 is 15.0 Å². The van der Waals surface area contributed by atoms with Crippen molar-refractivity contribution in [1.82, 2.24) is 10.2 Å². The van der Waals surface area contributed by atoms with E-state index in [1.54, 1.807) is 6.07 Å². The summed E-state index contributed by atoms with van der Waals surface area (Å²) in [6.07, 6.45) is 5.68. The predicted octanol–water partition coefficient (Wildman–Crippen LogP) is 3.75. The Hall–Kier alpha value is -1.27. The molecule has 1 aromatic rings. The maximum atomic E-state index is 13.4. The molecule has 1 aliphatic carbocycles. The van der Waals surface area contributed by atoms with Crippen LogP contribution in [0.25, 0.3) is 0 Å². The van der Waals surface area contributed by atoms with Gasteiger partial charge in [0.1, 0.15) is 11.6 Å². The van der Waals surface area contributed by atoms with E-state index in [4.69, 9.17) is 0 Å². The van der Waals surface area contributed by atoms with Gasteiger partial charge in [-0.05, 0) is 68.2 Å². The molecule has 1 N–H and O–H groups in total. The lowest BCUT2D eigenvalue weighted by molar-refractivity contribution is -0.0509. The molecule has 2 saturated heterocycles. The first-order chi connectivity index (χ1) is 12.0. The first kappa shape index (κ1) is 17.2. The average Bonchev–Trinajstić information content (AvgIpc) is 3.01. The lowest BCUT2D eigenvalue weighted by Crippen LogP contribution is -2.52. The van der Waals surface area contributed by atoms with Gasteiger partial charge in [0.15, 0.2) is 0 Å². The van der Waals surface area contributed by atoms with Gasteiger partial charge in [0.05, 0.1) is 0 Å². The number of nitrogens with zero attached hydrogens (tertiary/aromatic N) is 1. The number of benzene rings is 1. The molecule has 0 amide bonds. The maximum Gasteiger partial charge on any atom is 0.387 e. The van der Waals surface area contributed by atoms with Crippen molar-refractivity contribution in [2.45, 2.75) is 50.7 Å². The second kappa shape index (κ2) is 6.80. The highest BCUT2D eigenvalue weighted by Gasteiger charge is 2.45. The molecule has 0 radical (unpaired) electrons. The third kappa shape index (κ3) is 3.51. The van der Waals surface area contributed by atoms with Crippen LogP contribution in [-0.4, -0.2) is 43.7 Å². The van der Waals surface area contributed by atoms with Crippen molar-refractivity contribution >= 4 is 0 Å². The summed E-state index contributed by atoms with van der Waals surface area (Å²) >= 11 is 0. The summed E-state index contributed by atoms with van der Waals surface area (Å²) in [5, 5.41) is 3.40. The SMILES string of the molecule is Fc1ccc(C2CCN(C3CCC4(CNC4)C3)CC2)c(OC(F)F)c1. The van der Waals surface area contributed by atoms with Crippen molar-refractivity contribution in [1.29, 1.82) is 0 Å². The number of alkyl halides is 2. The first-order valence-electron chi connectivity index (χ1n) is 9.24. The molecule has 2 heterocycles. The minimum absolute atomic E-state index is 0.00573. The molecule has 138 valence electrons. The van der Waals surface area contributed by atoms with Gasteiger partial charge in [0.25, 0.3) is 0 Å². The number of nitrogens with one attached hydrogen (secondary N) is 1. The van der Waals surface area contributed by atoms with Gasteiger partial charge in [-0.1, -0.05) is 6.07 Å². The van der Waals surface area contributed by atoms with Crippen molar-refractivity contribution in [3.05, 3.63) is 29.6 Å². The Morgan fingerprint density at radius 2 is 1.92 bits per heavy atom. The van der Waals surface area contributed by atoms with Crippen LogP contribution in [0.1, 0.15) is 43.6 Å². The highest BCUT2D eigenvalue weighted by Crippen LogP contribution is 2.44. The molecule has 3 aliphatic rings. The van der Waals surface area contributed by atoms with E-state index in [0.717, 1.165) is 45.1 Å². The van der Waals surface area contributed by atoms with Gasteiger partial charge in [-0.3, -0.25) is 0 Å². The van der Waals surface area contributed by atoms with E-state index in [9.17, 15) is 13.2 Å². The number of likely N-dealkylation sites (tertiary alicyclic amines) is 1. The summed E-state index contributed by atoms with van der Waals surface area (Å²) < 4.78 is 43.2. The fraction of sp³-hybridized carbons (Fsp3) is 0.684. The summed E-state index contributed by atoms with van der Waals surface area (Å²) in [4.78, 5) is 2.57. The molecule has 1 aromatic carbocycles. The third-order valence-corrected chi connectivity index (χ3v) is 6.35. The second-order valence-electron chi connectivity index (χ2n) is 7.87. The summed E-state index contributed by atoms with van der Waals surface area (Å²) in [5.41, 5.74) is 1.25. The lowest BCUT2D eigenvalue weighted by atomic mass is 9.80. The Labute approximate surface area is 146 Å². The van der Waals surface area contributed by atoms with Crippen LogP contribution in [0.2, 0.25) is 0 Å². The molecule has 4 rings (SSSR count). The quantitative estimate of drug-likeness (QED) is 0.891. The van der Waals surface area contributed by atoms with Crippen LogP contribution in [0.15, 0.2) is 18.2 Å². The number of halogens is 3. The van der Waals surface area contributed by atoms with E-state index in [-0.39, 0.29) is 11.7 Å². The molecule has 1 unspecified atom stereocenters. The summed E-state index contributed by atoms with van der Waals surface area (Å²) in [6, 6.07) is 4.69. The molecule has 6 heteroatoms. The molecule has 25 heavy (non-hydrogen) atoms. The molecular weight excluding hydrogens is 329 g/mol. The Bertz CT molecular complexity index is 613. The fourth-order valence-electron chi connectivity index (χ4n) is 4.91. The monoisotopic (exact) mass is 354 g/mol. The third-order valence-electron chi connectivity index (χ3n) is 6.35. The Morgan fingerprint density at radius 3 is 2.52 bits per heavy atom. The molecule has 2 aliphatic heterocycles. The molecule has 3 fully saturated rings. The molecule has 1 atom stereocenters. The molecule has 3 nitrogen and oxygen atoms in total. The molecular formula is C19H25F3N2O. The van der Waals surface area contributed by atoms with E-state index in [2.05, 4.69) is 15.0 Å². The average molecular weight is 354 g/mol. The first-order valence-corrected chi connectivity index (χ1v) is 9.24. The standard InChI is InChI=1S/C19H25F3N2O/c20-14-1-2-16(17(9-14)25-18(21)22)13-4-7-24(8-5-13)15-3-6-19(10-15)11-23-12-19/h1-2,9,13,15,18,23H,3-8,10-12H2. The normalized spacial score (nSPS) is 27.0. The summed E-state index contributed by atoms with van der Waals surface area (Å²) in [5.74, 6) is -0.387. The van der Waals surface area contributed by atoms with E-state index >= 15 is 0 Å². The molecule has 1 saturated carbocycles. The maximum absolute atomic E-state index is 13.4. The number of hydrogen-bond donors (Lipinski definition) is 1. The fourth-order valence-corrected chi connectivity index (χ4v) is 4.91. The van der Waals surface area contributed by atoms with E-state index in [0.29, 0.717) is 17.0 Å². The van der Waals surface area contributed by atoms with Crippen LogP contribution < -0.4 is 10.1 Å². The molecule has 0 bridgehead atoms. The summed E-state index contributed by atoms with van der Waals surface area (Å²) in [6.45, 7) is 1.34. The number of piperidine rings is 1. The Balaban J connectivity index is 1.39. The lowest BCUT2D eigenvalue weighted by Gasteiger charge is -2.41. The zero-order valence-corrected chi connectivity index (χ0v) is 14.3. The minimum atomic E-state index is -2.92. The smallest absolute Gasteiger partial charge is 0.387 e. The van der Waals surface area contributed by atoms with Crippen LogP contribution in [0.5, 0.6) is 5.75 Å². The Kier molecular flexibility index (Phi) is 4.67. The number of hydrogen-bond acceptors (Lipinski definition) is 3. The largest absolute Gasteiger partial charge is 0.434 e. The van der Waals surface area contributed by atoms with Gasteiger partial charge in [0.2, 0.25) is 0 Å². The summed E-state index contributed by atoms with van der Waals surface area (Å²) in [7, 11) is 0. The zero-order valence-electron chi connectivity index (χ0n) is 14.3. The zero-order chi connectivity index (χ0) is 17.4. The van der Waals surface area contributed by atoms with E-state index in [1.165, 1.54) is 25.3 Å². The number of ether oxygens (including phenoxy) is 1. The Morgan fingerprint density at radius 1 is 1.16 bits per heavy atom. The molecule has 0 aromatic heterocycles. The molecule has 1 spiro atoms. The van der Waals surface area contributed by atoms with Gasteiger partial charge >= 0.3 is 6.61 Å². The van der Waals surface area contributed by atoms with Crippen molar-refractivity contribution < 1.29 is 17.9 Å². The van der Waals surface area contributed by atoms with Crippen molar-refractivity contribution in [2.24, 2.45) is 5.41 Å². The van der Waals surface area contributed by atoms with Gasteiger partial charge in [-0.2, -0.15) is 8.78 Å². The van der Waals surface area contributed by atoms with Crippen LogP contribution in [0, 0.1) is 11.2 Å². The number of rotatable bonds is 4. The topological polar surface area (TPSA) is 24.5 Å². The van der Waals surface area contributed by atoms with E-state index in [1.807, 2.05) is 0 Å². The van der Waals surface area contributed by atoms with Crippen LogP contribution in [0.4, 0.5) is 13.2 Å². The predicted molar refractivity (Wildman–Crippen MR) is 89.5 cm³/mol. The minimum Gasteiger partial charge on any atom is -0.434 e. The van der Waals surface area contributed by atoms with E-state index < -0.39 is 12.4 Å². The van der Waals surface area contributed by atoms with Gasteiger partial charge in [0, 0.05) is 25.2 Å². The highest BCUT2D eigenvalue weighted by atomic mass is 19.3.